The maximum absolute atomic E-state index is 12.4. The predicted molar refractivity (Wildman–Crippen MR) is 77.3 cm³/mol. The van der Waals surface area contributed by atoms with E-state index in [1.807, 2.05) is 31.2 Å². The van der Waals surface area contributed by atoms with E-state index in [1.165, 1.54) is 4.57 Å². The number of benzene rings is 1. The summed E-state index contributed by atoms with van der Waals surface area (Å²) in [6, 6.07) is 11.2. The van der Waals surface area contributed by atoms with Crippen LogP contribution in [0.15, 0.2) is 47.4 Å². The molecule has 5 heteroatoms. The molecule has 19 heavy (non-hydrogen) atoms. The zero-order valence-corrected chi connectivity index (χ0v) is 11.1. The minimum absolute atomic E-state index is 0.205. The van der Waals surface area contributed by atoms with Crippen molar-refractivity contribution in [2.75, 3.05) is 0 Å². The molecule has 0 aliphatic rings. The molecule has 0 saturated carbocycles. The average Bonchev–Trinajstić information content (AvgIpc) is 2.41. The summed E-state index contributed by atoms with van der Waals surface area (Å²) in [6.45, 7) is 2.00. The Balaban J connectivity index is 2.39. The molecule has 2 aromatic heterocycles. The van der Waals surface area contributed by atoms with Crippen LogP contribution < -0.4 is 5.56 Å². The van der Waals surface area contributed by atoms with E-state index in [9.17, 15) is 4.79 Å². The Hall–Kier alpha value is -2.27. The fraction of sp³-hybridized carbons (Fsp3) is 0.0714. The minimum Gasteiger partial charge on any atom is -0.330 e. The van der Waals surface area contributed by atoms with Crippen molar-refractivity contribution in [3.63, 3.8) is 0 Å². The number of nitrogens with zero attached hydrogens (tertiary/aromatic N) is 2. The van der Waals surface area contributed by atoms with Crippen LogP contribution in [0.25, 0.3) is 16.7 Å². The van der Waals surface area contributed by atoms with Gasteiger partial charge in [0, 0.05) is 6.20 Å². The summed E-state index contributed by atoms with van der Waals surface area (Å²) in [5.74, 6) is 0. The second-order valence-corrected chi connectivity index (χ2v) is 4.69. The van der Waals surface area contributed by atoms with Gasteiger partial charge in [0.1, 0.15) is 0 Å². The Labute approximate surface area is 114 Å². The third kappa shape index (κ3) is 1.98. The van der Waals surface area contributed by atoms with Crippen molar-refractivity contribution >= 4 is 23.3 Å². The maximum Gasteiger partial charge on any atom is 0.285 e. The van der Waals surface area contributed by atoms with Crippen LogP contribution in [0.3, 0.4) is 0 Å². The number of hydrogen-bond donors (Lipinski definition) is 1. The number of aromatic nitrogens is 3. The molecule has 0 bridgehead atoms. The third-order valence-electron chi connectivity index (χ3n) is 2.95. The highest BCUT2D eigenvalue weighted by molar-refractivity contribution is 7.71. The highest BCUT2D eigenvalue weighted by Crippen LogP contribution is 2.10. The van der Waals surface area contributed by atoms with E-state index >= 15 is 0 Å². The van der Waals surface area contributed by atoms with Gasteiger partial charge in [-0.3, -0.25) is 9.36 Å². The Morgan fingerprint density at radius 2 is 1.95 bits per heavy atom. The van der Waals surface area contributed by atoms with Gasteiger partial charge in [0.2, 0.25) is 0 Å². The van der Waals surface area contributed by atoms with Crippen molar-refractivity contribution < 1.29 is 0 Å². The molecular weight excluding hydrogens is 258 g/mol. The normalized spacial score (nSPS) is 10.8. The first kappa shape index (κ1) is 11.8. The topological polar surface area (TPSA) is 50.7 Å². The van der Waals surface area contributed by atoms with E-state index in [0.717, 1.165) is 11.3 Å². The number of pyridine rings is 1. The molecule has 2 heterocycles. The lowest BCUT2D eigenvalue weighted by molar-refractivity contribution is 0.932. The first-order chi connectivity index (χ1) is 9.16. The van der Waals surface area contributed by atoms with Crippen molar-refractivity contribution in [3.05, 3.63) is 63.3 Å². The molecule has 3 rings (SSSR count). The molecule has 94 valence electrons. The largest absolute Gasteiger partial charge is 0.330 e. The number of hydrogen-bond acceptors (Lipinski definition) is 3. The van der Waals surface area contributed by atoms with Crippen molar-refractivity contribution in [1.82, 2.24) is 14.5 Å². The predicted octanol–water partition coefficient (Wildman–Crippen LogP) is 2.75. The minimum atomic E-state index is -0.205. The standard InChI is InChI=1S/C14H11N3OS/c1-9-4-6-10(7-5-9)17-13(18)12-11(16-14(17)19)3-2-8-15-12/h2-8H,1H3,(H,16,19). The van der Waals surface area contributed by atoms with Crippen LogP contribution in [0.2, 0.25) is 0 Å². The number of nitrogens with one attached hydrogen (secondary N) is 1. The van der Waals surface area contributed by atoms with Crippen LogP contribution >= 0.6 is 12.2 Å². The van der Waals surface area contributed by atoms with Gasteiger partial charge in [-0.25, -0.2) is 4.98 Å². The van der Waals surface area contributed by atoms with Gasteiger partial charge in [0.25, 0.3) is 5.56 Å². The smallest absolute Gasteiger partial charge is 0.285 e. The van der Waals surface area contributed by atoms with Crippen LogP contribution in [0, 0.1) is 11.7 Å². The van der Waals surface area contributed by atoms with Crippen LogP contribution in [0.1, 0.15) is 5.56 Å². The van der Waals surface area contributed by atoms with Gasteiger partial charge in [-0.05, 0) is 43.4 Å². The van der Waals surface area contributed by atoms with E-state index < -0.39 is 0 Å². The monoisotopic (exact) mass is 269 g/mol. The number of rotatable bonds is 1. The zero-order valence-electron chi connectivity index (χ0n) is 10.3. The molecule has 0 aliphatic heterocycles. The molecule has 0 radical (unpaired) electrons. The molecule has 0 saturated heterocycles. The van der Waals surface area contributed by atoms with Gasteiger partial charge in [-0.2, -0.15) is 0 Å². The van der Waals surface area contributed by atoms with E-state index in [1.54, 1.807) is 18.3 Å². The van der Waals surface area contributed by atoms with Gasteiger partial charge >= 0.3 is 0 Å². The fourth-order valence-electron chi connectivity index (χ4n) is 1.97. The molecular formula is C14H11N3OS. The van der Waals surface area contributed by atoms with Gasteiger partial charge < -0.3 is 4.98 Å². The second kappa shape index (κ2) is 4.44. The molecule has 0 unspecified atom stereocenters. The van der Waals surface area contributed by atoms with E-state index in [-0.39, 0.29) is 5.56 Å². The Morgan fingerprint density at radius 3 is 2.68 bits per heavy atom. The van der Waals surface area contributed by atoms with Crippen LogP contribution in [0.5, 0.6) is 0 Å². The molecule has 0 fully saturated rings. The van der Waals surface area contributed by atoms with Crippen molar-refractivity contribution in [2.24, 2.45) is 0 Å². The first-order valence-corrected chi connectivity index (χ1v) is 6.25. The van der Waals surface area contributed by atoms with Crippen LogP contribution in [0.4, 0.5) is 0 Å². The SMILES string of the molecule is Cc1ccc(-n2c(=S)[nH]c3cccnc3c2=O)cc1. The summed E-state index contributed by atoms with van der Waals surface area (Å²) in [7, 11) is 0. The lowest BCUT2D eigenvalue weighted by atomic mass is 10.2. The van der Waals surface area contributed by atoms with Gasteiger partial charge in [-0.15, -0.1) is 0 Å². The zero-order chi connectivity index (χ0) is 13.4. The average molecular weight is 269 g/mol. The van der Waals surface area contributed by atoms with Gasteiger partial charge in [-0.1, -0.05) is 17.7 Å². The van der Waals surface area contributed by atoms with Crippen LogP contribution in [-0.2, 0) is 0 Å². The van der Waals surface area contributed by atoms with Gasteiger partial charge in [0.15, 0.2) is 10.3 Å². The van der Waals surface area contributed by atoms with E-state index in [2.05, 4.69) is 9.97 Å². The third-order valence-corrected chi connectivity index (χ3v) is 3.23. The molecule has 0 spiro atoms. The Morgan fingerprint density at radius 1 is 1.21 bits per heavy atom. The molecule has 4 nitrogen and oxygen atoms in total. The summed E-state index contributed by atoms with van der Waals surface area (Å²) in [5.41, 5.74) is 2.70. The van der Waals surface area contributed by atoms with Crippen molar-refractivity contribution in [1.29, 1.82) is 0 Å². The maximum atomic E-state index is 12.4. The number of aromatic amines is 1. The van der Waals surface area contributed by atoms with Crippen molar-refractivity contribution in [2.45, 2.75) is 6.92 Å². The highest BCUT2D eigenvalue weighted by Gasteiger charge is 2.07. The number of H-pyrrole nitrogens is 1. The molecule has 3 aromatic rings. The van der Waals surface area contributed by atoms with Crippen molar-refractivity contribution in [3.8, 4) is 5.69 Å². The van der Waals surface area contributed by atoms with E-state index in [4.69, 9.17) is 12.2 Å². The summed E-state index contributed by atoms with van der Waals surface area (Å²) in [4.78, 5) is 19.6. The number of fused-ring (bicyclic) bond motifs is 1. The molecule has 1 aromatic carbocycles. The fourth-order valence-corrected chi connectivity index (χ4v) is 2.27. The lowest BCUT2D eigenvalue weighted by Crippen LogP contribution is -2.21. The number of aryl methyl sites for hydroxylation is 1. The molecule has 0 amide bonds. The lowest BCUT2D eigenvalue weighted by Gasteiger charge is -2.07. The van der Waals surface area contributed by atoms with Crippen LogP contribution in [-0.4, -0.2) is 14.5 Å². The summed E-state index contributed by atoms with van der Waals surface area (Å²) < 4.78 is 1.83. The van der Waals surface area contributed by atoms with Gasteiger partial charge in [0.05, 0.1) is 11.2 Å². The Bertz CT molecular complexity index is 862. The first-order valence-electron chi connectivity index (χ1n) is 5.84. The van der Waals surface area contributed by atoms with E-state index in [0.29, 0.717) is 15.8 Å². The summed E-state index contributed by atoms with van der Waals surface area (Å²) in [6.07, 6.45) is 1.60. The summed E-state index contributed by atoms with van der Waals surface area (Å²) >= 11 is 5.26. The Kier molecular flexibility index (Phi) is 2.76. The molecule has 0 atom stereocenters. The quantitative estimate of drug-likeness (QED) is 0.691. The molecule has 1 N–H and O–H groups in total. The summed E-state index contributed by atoms with van der Waals surface area (Å²) in [5, 5.41) is 0. The second-order valence-electron chi connectivity index (χ2n) is 4.31. The molecule has 0 aliphatic carbocycles. The highest BCUT2D eigenvalue weighted by atomic mass is 32.1.